The first-order valence-electron chi connectivity index (χ1n) is 10.4. The van der Waals surface area contributed by atoms with Crippen LogP contribution in [0.25, 0.3) is 0 Å². The molecular formula is C23H22Cl2F3N3O3. The molecule has 1 heterocycles. The van der Waals surface area contributed by atoms with Gasteiger partial charge in [-0.2, -0.15) is 13.2 Å². The van der Waals surface area contributed by atoms with Gasteiger partial charge in [-0.25, -0.2) is 0 Å². The summed E-state index contributed by atoms with van der Waals surface area (Å²) >= 11 is 11.9. The summed E-state index contributed by atoms with van der Waals surface area (Å²) in [5.74, 6) is -0.808. The molecule has 11 heteroatoms. The fourth-order valence-electron chi connectivity index (χ4n) is 3.61. The molecule has 0 aliphatic carbocycles. The second kappa shape index (κ2) is 9.84. The van der Waals surface area contributed by atoms with Gasteiger partial charge in [-0.15, -0.1) is 0 Å². The number of hydrogen-bond acceptors (Lipinski definition) is 4. The Labute approximate surface area is 204 Å². The first-order valence-corrected chi connectivity index (χ1v) is 11.1. The van der Waals surface area contributed by atoms with Gasteiger partial charge >= 0.3 is 6.18 Å². The van der Waals surface area contributed by atoms with Crippen LogP contribution in [-0.4, -0.2) is 36.3 Å². The molecule has 2 aromatic rings. The van der Waals surface area contributed by atoms with Crippen LogP contribution in [-0.2, 0) is 15.2 Å². The molecule has 0 aromatic heterocycles. The van der Waals surface area contributed by atoms with Crippen molar-refractivity contribution in [3.05, 3.63) is 68.7 Å². The largest absolute Gasteiger partial charge is 0.435 e. The van der Waals surface area contributed by atoms with Crippen molar-refractivity contribution in [3.8, 4) is 0 Å². The second-order valence-corrected chi connectivity index (χ2v) is 8.78. The third-order valence-corrected chi connectivity index (χ3v) is 5.85. The van der Waals surface area contributed by atoms with E-state index in [1.807, 2.05) is 0 Å². The Hall–Kier alpha value is -2.78. The summed E-state index contributed by atoms with van der Waals surface area (Å²) in [7, 11) is 0. The maximum absolute atomic E-state index is 14.2. The van der Waals surface area contributed by atoms with E-state index in [0.29, 0.717) is 17.7 Å². The Morgan fingerprint density at radius 3 is 2.38 bits per heavy atom. The first kappa shape index (κ1) is 25.8. The molecule has 0 bridgehead atoms. The zero-order chi connectivity index (χ0) is 25.3. The molecule has 182 valence electrons. The van der Waals surface area contributed by atoms with Crippen LogP contribution < -0.4 is 10.6 Å². The molecule has 0 spiro atoms. The highest BCUT2D eigenvalue weighted by Crippen LogP contribution is 2.49. The number of likely N-dealkylation sites (N-methyl/N-ethyl adjacent to an activating group) is 1. The van der Waals surface area contributed by atoms with E-state index in [0.717, 1.165) is 12.1 Å². The fourth-order valence-corrected chi connectivity index (χ4v) is 4.14. The van der Waals surface area contributed by atoms with Gasteiger partial charge in [0.2, 0.25) is 5.91 Å². The summed E-state index contributed by atoms with van der Waals surface area (Å²) in [6.45, 7) is 5.38. The fraction of sp³-hybridized carbons (Fsp3) is 0.348. The summed E-state index contributed by atoms with van der Waals surface area (Å²) in [4.78, 5) is 29.5. The number of oxime groups is 1. The molecule has 2 aromatic carbocycles. The van der Waals surface area contributed by atoms with Crippen LogP contribution in [0.3, 0.4) is 0 Å². The Kier molecular flexibility index (Phi) is 7.47. The van der Waals surface area contributed by atoms with Crippen molar-refractivity contribution in [3.63, 3.8) is 0 Å². The van der Waals surface area contributed by atoms with Gasteiger partial charge in [0.15, 0.2) is 0 Å². The van der Waals surface area contributed by atoms with E-state index in [1.54, 1.807) is 26.8 Å². The van der Waals surface area contributed by atoms with Crippen molar-refractivity contribution >= 4 is 40.7 Å². The van der Waals surface area contributed by atoms with Gasteiger partial charge in [0.05, 0.1) is 5.71 Å². The number of halogens is 5. The van der Waals surface area contributed by atoms with Crippen molar-refractivity contribution in [1.29, 1.82) is 0 Å². The minimum absolute atomic E-state index is 0.0382. The lowest BCUT2D eigenvalue weighted by Gasteiger charge is -2.29. The highest BCUT2D eigenvalue weighted by Gasteiger charge is 2.62. The molecule has 1 unspecified atom stereocenters. The van der Waals surface area contributed by atoms with Gasteiger partial charge in [-0.1, -0.05) is 34.4 Å². The van der Waals surface area contributed by atoms with Gasteiger partial charge in [0.1, 0.15) is 6.04 Å². The normalized spacial score (nSPS) is 18.6. The average molecular weight is 516 g/mol. The molecular weight excluding hydrogens is 494 g/mol. The van der Waals surface area contributed by atoms with Crippen LogP contribution in [0.15, 0.2) is 41.6 Å². The number of nitrogens with one attached hydrogen (secondary N) is 2. The minimum Gasteiger partial charge on any atom is -0.374 e. The van der Waals surface area contributed by atoms with Crippen LogP contribution in [0.1, 0.15) is 47.3 Å². The molecule has 1 aliphatic heterocycles. The van der Waals surface area contributed by atoms with E-state index < -0.39 is 30.1 Å². The Morgan fingerprint density at radius 2 is 1.82 bits per heavy atom. The van der Waals surface area contributed by atoms with Crippen molar-refractivity contribution in [2.24, 2.45) is 5.16 Å². The number of hydrogen-bond donors (Lipinski definition) is 2. The van der Waals surface area contributed by atoms with Crippen LogP contribution in [0.4, 0.5) is 13.2 Å². The summed E-state index contributed by atoms with van der Waals surface area (Å²) in [6, 6.07) is 7.37. The predicted molar refractivity (Wildman–Crippen MR) is 123 cm³/mol. The Morgan fingerprint density at radius 1 is 1.18 bits per heavy atom. The quantitative estimate of drug-likeness (QED) is 0.559. The van der Waals surface area contributed by atoms with E-state index in [2.05, 4.69) is 15.8 Å². The zero-order valence-electron chi connectivity index (χ0n) is 18.5. The Balaban J connectivity index is 1.85. The lowest BCUT2D eigenvalue weighted by atomic mass is 9.86. The van der Waals surface area contributed by atoms with E-state index in [4.69, 9.17) is 28.0 Å². The molecule has 0 saturated carbocycles. The maximum Gasteiger partial charge on any atom is 0.435 e. The molecule has 2 atom stereocenters. The van der Waals surface area contributed by atoms with Crippen LogP contribution >= 0.6 is 23.2 Å². The minimum atomic E-state index is -4.81. The number of benzene rings is 2. The summed E-state index contributed by atoms with van der Waals surface area (Å²) < 4.78 is 42.5. The lowest BCUT2D eigenvalue weighted by Crippen LogP contribution is -2.44. The number of carbonyl (C=O) groups excluding carboxylic acids is 2. The maximum atomic E-state index is 14.2. The molecule has 1 aliphatic rings. The highest BCUT2D eigenvalue weighted by molar-refractivity contribution is 6.34. The monoisotopic (exact) mass is 515 g/mol. The molecule has 0 radical (unpaired) electrons. The average Bonchev–Trinajstić information content (AvgIpc) is 3.20. The lowest BCUT2D eigenvalue weighted by molar-refractivity contribution is -0.275. The van der Waals surface area contributed by atoms with Crippen molar-refractivity contribution in [2.75, 3.05) is 6.54 Å². The molecule has 2 amide bonds. The number of amides is 2. The number of rotatable bonds is 6. The standard InChI is InChI=1S/C23H22Cl2F3N3O3/c1-4-29-20(32)13(3)30-21(33)18-6-5-14(7-12(18)2)19-11-22(34-31-19,23(26,27)28)15-8-16(24)10-17(25)9-15/h5-10,13H,4,11H2,1-3H3,(H,29,32)(H,30,33)/t13-,22?/m1/s1. The molecule has 6 nitrogen and oxygen atoms in total. The van der Waals surface area contributed by atoms with Crippen LogP contribution in [0, 0.1) is 6.92 Å². The molecule has 2 N–H and O–H groups in total. The third kappa shape index (κ3) is 5.15. The number of aryl methyl sites for hydroxylation is 1. The molecule has 0 saturated heterocycles. The Bertz CT molecular complexity index is 1130. The van der Waals surface area contributed by atoms with Crippen molar-refractivity contribution in [2.45, 2.75) is 45.0 Å². The second-order valence-electron chi connectivity index (χ2n) is 7.91. The summed E-state index contributed by atoms with van der Waals surface area (Å²) in [6.07, 6.45) is -5.41. The highest BCUT2D eigenvalue weighted by atomic mass is 35.5. The van der Waals surface area contributed by atoms with E-state index in [-0.39, 0.29) is 32.8 Å². The van der Waals surface area contributed by atoms with E-state index >= 15 is 0 Å². The van der Waals surface area contributed by atoms with Gasteiger partial charge in [0.25, 0.3) is 11.5 Å². The van der Waals surface area contributed by atoms with Crippen molar-refractivity contribution in [1.82, 2.24) is 10.6 Å². The van der Waals surface area contributed by atoms with Gasteiger partial charge in [0, 0.05) is 34.1 Å². The van der Waals surface area contributed by atoms with E-state index in [9.17, 15) is 22.8 Å². The zero-order valence-corrected chi connectivity index (χ0v) is 20.0. The van der Waals surface area contributed by atoms with Crippen molar-refractivity contribution < 1.29 is 27.6 Å². The molecule has 34 heavy (non-hydrogen) atoms. The van der Waals surface area contributed by atoms with E-state index in [1.165, 1.54) is 18.2 Å². The SMILES string of the molecule is CCNC(=O)[C@@H](C)NC(=O)c1ccc(C2=NOC(c3cc(Cl)cc(Cl)c3)(C(F)(F)F)C2)cc1C. The number of alkyl halides is 3. The number of carbonyl (C=O) groups is 2. The smallest absolute Gasteiger partial charge is 0.374 e. The first-order chi connectivity index (χ1) is 15.9. The van der Waals surface area contributed by atoms with Crippen LogP contribution in [0.2, 0.25) is 10.0 Å². The predicted octanol–water partition coefficient (Wildman–Crippen LogP) is 5.14. The van der Waals surface area contributed by atoms with Gasteiger partial charge in [-0.3, -0.25) is 9.59 Å². The van der Waals surface area contributed by atoms with Crippen LogP contribution in [0.5, 0.6) is 0 Å². The third-order valence-electron chi connectivity index (χ3n) is 5.41. The molecule has 3 rings (SSSR count). The summed E-state index contributed by atoms with van der Waals surface area (Å²) in [5, 5.41) is 9.01. The van der Waals surface area contributed by atoms with Gasteiger partial charge in [-0.05, 0) is 62.2 Å². The topological polar surface area (TPSA) is 79.8 Å². The molecule has 0 fully saturated rings. The summed E-state index contributed by atoms with van der Waals surface area (Å²) in [5.41, 5.74) is -1.81. The van der Waals surface area contributed by atoms with Gasteiger partial charge < -0.3 is 15.5 Å². The number of nitrogens with zero attached hydrogens (tertiary/aromatic N) is 1.